The molecule has 2 aromatic heterocycles. The predicted molar refractivity (Wildman–Crippen MR) is 89.2 cm³/mol. The van der Waals surface area contributed by atoms with Gasteiger partial charge in [0.1, 0.15) is 10.5 Å². The van der Waals surface area contributed by atoms with E-state index in [4.69, 9.17) is 0 Å². The summed E-state index contributed by atoms with van der Waals surface area (Å²) in [4.78, 5) is 21.8. The van der Waals surface area contributed by atoms with Gasteiger partial charge in [-0.1, -0.05) is 19.9 Å². The zero-order valence-corrected chi connectivity index (χ0v) is 13.5. The molecule has 2 heterocycles. The van der Waals surface area contributed by atoms with E-state index >= 15 is 0 Å². The van der Waals surface area contributed by atoms with Crippen LogP contribution in [0.15, 0.2) is 23.0 Å². The Bertz CT molecular complexity index is 861. The molecule has 0 fully saturated rings. The number of hydrogen-bond acceptors (Lipinski definition) is 4. The lowest BCUT2D eigenvalue weighted by Gasteiger charge is -2.08. The number of rotatable bonds is 3. The summed E-state index contributed by atoms with van der Waals surface area (Å²) >= 11 is 1.52. The van der Waals surface area contributed by atoms with Crippen molar-refractivity contribution in [3.63, 3.8) is 0 Å². The highest BCUT2D eigenvalue weighted by atomic mass is 32.1. The van der Waals surface area contributed by atoms with Crippen molar-refractivity contribution in [3.8, 4) is 0 Å². The molecule has 1 aromatic carbocycles. The van der Waals surface area contributed by atoms with Gasteiger partial charge < -0.3 is 9.88 Å². The lowest BCUT2D eigenvalue weighted by atomic mass is 10.0. The lowest BCUT2D eigenvalue weighted by Crippen LogP contribution is -2.17. The van der Waals surface area contributed by atoms with E-state index in [1.165, 1.54) is 16.9 Å². The fourth-order valence-corrected chi connectivity index (χ4v) is 3.47. The van der Waals surface area contributed by atoms with Gasteiger partial charge in [-0.15, -0.1) is 11.3 Å². The molecule has 0 aliphatic carbocycles. The molecule has 0 radical (unpaired) electrons. The first kappa shape index (κ1) is 14.2. The Morgan fingerprint density at radius 2 is 2.10 bits per heavy atom. The van der Waals surface area contributed by atoms with Gasteiger partial charge >= 0.3 is 0 Å². The molecule has 4 nitrogen and oxygen atoms in total. The van der Waals surface area contributed by atoms with Gasteiger partial charge in [0.15, 0.2) is 0 Å². The van der Waals surface area contributed by atoms with E-state index in [9.17, 15) is 4.79 Å². The summed E-state index contributed by atoms with van der Waals surface area (Å²) in [5, 5.41) is 1.09. The van der Waals surface area contributed by atoms with Gasteiger partial charge in [0.2, 0.25) is 0 Å². The summed E-state index contributed by atoms with van der Waals surface area (Å²) in [5.74, 6) is 1.18. The van der Waals surface area contributed by atoms with Crippen molar-refractivity contribution in [1.82, 2.24) is 14.9 Å². The number of nitrogens with one attached hydrogen (secondary N) is 1. The molecule has 0 spiro atoms. The molecule has 0 unspecified atom stereocenters. The minimum absolute atomic E-state index is 0.0378. The van der Waals surface area contributed by atoms with Crippen LogP contribution in [0.1, 0.15) is 31.2 Å². The van der Waals surface area contributed by atoms with Gasteiger partial charge in [0, 0.05) is 10.1 Å². The first-order chi connectivity index (χ1) is 9.95. The fraction of sp³-hybridized carbons (Fsp3) is 0.375. The molecule has 0 amide bonds. The van der Waals surface area contributed by atoms with Crippen LogP contribution in [0, 0.1) is 0 Å². The topological polar surface area (TPSA) is 49.0 Å². The van der Waals surface area contributed by atoms with Gasteiger partial charge in [0.25, 0.3) is 5.56 Å². The van der Waals surface area contributed by atoms with Gasteiger partial charge in [0.05, 0.1) is 12.1 Å². The minimum Gasteiger partial charge on any atom is -0.308 e. The number of H-pyrrole nitrogens is 1. The van der Waals surface area contributed by atoms with Crippen molar-refractivity contribution >= 4 is 31.6 Å². The molecule has 0 saturated carbocycles. The summed E-state index contributed by atoms with van der Waals surface area (Å²) in [7, 11) is 3.93. The van der Waals surface area contributed by atoms with E-state index in [1.54, 1.807) is 0 Å². The standard InChI is InChI=1S/C16H19N3OS/c1-9(2)10-5-6-12-11(7-10)14-15(21-12)16(20)18-13(17-14)8-19(3)4/h5-7,9H,8H2,1-4H3,(H,17,18,20). The fourth-order valence-electron chi connectivity index (χ4n) is 2.45. The van der Waals surface area contributed by atoms with E-state index in [1.807, 2.05) is 19.0 Å². The Morgan fingerprint density at radius 1 is 1.33 bits per heavy atom. The second-order valence-corrected chi connectivity index (χ2v) is 6.99. The molecular weight excluding hydrogens is 282 g/mol. The minimum atomic E-state index is -0.0378. The summed E-state index contributed by atoms with van der Waals surface area (Å²) in [6.07, 6.45) is 0. The Morgan fingerprint density at radius 3 is 2.76 bits per heavy atom. The van der Waals surface area contributed by atoms with Gasteiger partial charge in [-0.25, -0.2) is 4.98 Å². The van der Waals surface area contributed by atoms with Crippen LogP contribution < -0.4 is 5.56 Å². The van der Waals surface area contributed by atoms with Crippen LogP contribution in [0.3, 0.4) is 0 Å². The number of thiophene rings is 1. The van der Waals surface area contributed by atoms with E-state index in [0.717, 1.165) is 15.6 Å². The number of benzene rings is 1. The van der Waals surface area contributed by atoms with Crippen molar-refractivity contribution < 1.29 is 0 Å². The Balaban J connectivity index is 2.29. The zero-order valence-electron chi connectivity index (χ0n) is 12.7. The average molecular weight is 301 g/mol. The summed E-state index contributed by atoms with van der Waals surface area (Å²) < 4.78 is 1.84. The van der Waals surface area contributed by atoms with Crippen LogP contribution in [0.25, 0.3) is 20.3 Å². The molecule has 1 N–H and O–H groups in total. The van der Waals surface area contributed by atoms with E-state index in [2.05, 4.69) is 42.0 Å². The van der Waals surface area contributed by atoms with Gasteiger partial charge in [-0.2, -0.15) is 0 Å². The van der Waals surface area contributed by atoms with E-state index < -0.39 is 0 Å². The summed E-state index contributed by atoms with van der Waals surface area (Å²) in [6, 6.07) is 6.41. The third-order valence-corrected chi connectivity index (χ3v) is 4.69. The van der Waals surface area contributed by atoms with Gasteiger partial charge in [-0.3, -0.25) is 4.79 Å². The predicted octanol–water partition coefficient (Wildman–Crippen LogP) is 3.32. The van der Waals surface area contributed by atoms with Crippen molar-refractivity contribution in [2.75, 3.05) is 14.1 Å². The largest absolute Gasteiger partial charge is 0.308 e. The Hall–Kier alpha value is -1.72. The van der Waals surface area contributed by atoms with Crippen LogP contribution in [0.5, 0.6) is 0 Å². The quantitative estimate of drug-likeness (QED) is 0.807. The van der Waals surface area contributed by atoms with E-state index in [0.29, 0.717) is 23.0 Å². The smallest absolute Gasteiger partial charge is 0.268 e. The molecule has 110 valence electrons. The van der Waals surface area contributed by atoms with Crippen molar-refractivity contribution in [3.05, 3.63) is 39.9 Å². The Kier molecular flexibility index (Phi) is 3.55. The Labute approximate surface area is 127 Å². The van der Waals surface area contributed by atoms with Crippen molar-refractivity contribution in [2.45, 2.75) is 26.3 Å². The number of aromatic amines is 1. The molecule has 0 saturated heterocycles. The maximum atomic E-state index is 12.3. The zero-order chi connectivity index (χ0) is 15.1. The third kappa shape index (κ3) is 2.59. The highest BCUT2D eigenvalue weighted by Gasteiger charge is 2.13. The van der Waals surface area contributed by atoms with Crippen LogP contribution in [0.4, 0.5) is 0 Å². The molecule has 0 bridgehead atoms. The second-order valence-electron chi connectivity index (χ2n) is 5.94. The second kappa shape index (κ2) is 5.24. The van der Waals surface area contributed by atoms with Crippen LogP contribution >= 0.6 is 11.3 Å². The highest BCUT2D eigenvalue weighted by molar-refractivity contribution is 7.25. The molecule has 3 rings (SSSR count). The maximum Gasteiger partial charge on any atom is 0.268 e. The normalized spacial score (nSPS) is 12.1. The first-order valence-corrected chi connectivity index (χ1v) is 7.87. The molecule has 0 atom stereocenters. The number of hydrogen-bond donors (Lipinski definition) is 1. The molecular formula is C16H19N3OS. The molecule has 3 aromatic rings. The highest BCUT2D eigenvalue weighted by Crippen LogP contribution is 2.32. The molecule has 5 heteroatoms. The summed E-state index contributed by atoms with van der Waals surface area (Å²) in [6.45, 7) is 4.98. The van der Waals surface area contributed by atoms with Gasteiger partial charge in [-0.05, 0) is 37.7 Å². The molecule has 21 heavy (non-hydrogen) atoms. The molecule has 0 aliphatic heterocycles. The van der Waals surface area contributed by atoms with Crippen LogP contribution in [-0.4, -0.2) is 29.0 Å². The number of fused-ring (bicyclic) bond motifs is 3. The lowest BCUT2D eigenvalue weighted by molar-refractivity contribution is 0.390. The van der Waals surface area contributed by atoms with Crippen LogP contribution in [-0.2, 0) is 6.54 Å². The van der Waals surface area contributed by atoms with Crippen molar-refractivity contribution in [1.29, 1.82) is 0 Å². The summed E-state index contributed by atoms with van der Waals surface area (Å²) in [5.41, 5.74) is 2.07. The number of aromatic nitrogens is 2. The average Bonchev–Trinajstić information content (AvgIpc) is 2.76. The third-order valence-electron chi connectivity index (χ3n) is 3.53. The number of nitrogens with zero attached hydrogens (tertiary/aromatic N) is 2. The monoisotopic (exact) mass is 301 g/mol. The first-order valence-electron chi connectivity index (χ1n) is 7.06. The maximum absolute atomic E-state index is 12.3. The SMILES string of the molecule is CC(C)c1ccc2sc3c(=O)[nH]c(CN(C)C)nc3c2c1. The van der Waals surface area contributed by atoms with Crippen LogP contribution in [0.2, 0.25) is 0 Å². The molecule has 0 aliphatic rings. The van der Waals surface area contributed by atoms with E-state index in [-0.39, 0.29) is 5.56 Å². The van der Waals surface area contributed by atoms with Crippen molar-refractivity contribution in [2.24, 2.45) is 0 Å².